The van der Waals surface area contributed by atoms with Crippen LogP contribution in [0.4, 0.5) is 0 Å². The highest BCUT2D eigenvalue weighted by Gasteiger charge is 2.19. The van der Waals surface area contributed by atoms with Crippen molar-refractivity contribution in [3.05, 3.63) is 34.9 Å². The second-order valence-corrected chi connectivity index (χ2v) is 3.57. The molecule has 1 atom stereocenters. The van der Waals surface area contributed by atoms with Crippen LogP contribution in [0.15, 0.2) is 18.2 Å². The third kappa shape index (κ3) is 2.85. The summed E-state index contributed by atoms with van der Waals surface area (Å²) in [4.78, 5) is 22.9. The van der Waals surface area contributed by atoms with Gasteiger partial charge in [0.1, 0.15) is 0 Å². The number of hydrogen-bond donors (Lipinski definition) is 2. The Morgan fingerprint density at radius 1 is 1.28 bits per heavy atom. The van der Waals surface area contributed by atoms with Crippen molar-refractivity contribution < 1.29 is 24.2 Å². The molecule has 0 bridgehead atoms. The number of aliphatic hydroxyl groups is 1. The SMILES string of the molecule is COC(=O)c1ccc(C(=O)OC)c([C@H](N)CO)c1. The van der Waals surface area contributed by atoms with Gasteiger partial charge in [0, 0.05) is 0 Å². The Labute approximate surface area is 104 Å². The summed E-state index contributed by atoms with van der Waals surface area (Å²) in [6, 6.07) is 3.50. The molecule has 0 radical (unpaired) electrons. The van der Waals surface area contributed by atoms with Crippen LogP contribution in [-0.4, -0.2) is 37.9 Å². The van der Waals surface area contributed by atoms with Crippen LogP contribution in [0.5, 0.6) is 0 Å². The largest absolute Gasteiger partial charge is 0.465 e. The lowest BCUT2D eigenvalue weighted by atomic mass is 9.98. The van der Waals surface area contributed by atoms with Crippen molar-refractivity contribution in [3.8, 4) is 0 Å². The van der Waals surface area contributed by atoms with Gasteiger partial charge in [-0.1, -0.05) is 0 Å². The van der Waals surface area contributed by atoms with E-state index in [1.54, 1.807) is 0 Å². The maximum absolute atomic E-state index is 11.5. The molecule has 6 nitrogen and oxygen atoms in total. The standard InChI is InChI=1S/C12H15NO5/c1-17-11(15)7-3-4-8(12(16)18-2)9(5-7)10(13)6-14/h3-5,10,14H,6,13H2,1-2H3/t10-/m1/s1. The second kappa shape index (κ2) is 6.13. The monoisotopic (exact) mass is 253 g/mol. The lowest BCUT2D eigenvalue weighted by Gasteiger charge is -2.14. The first-order chi connectivity index (χ1) is 8.54. The van der Waals surface area contributed by atoms with Crippen LogP contribution in [0.3, 0.4) is 0 Å². The van der Waals surface area contributed by atoms with Gasteiger partial charge < -0.3 is 20.3 Å². The Kier molecular flexibility index (Phi) is 4.82. The summed E-state index contributed by atoms with van der Waals surface area (Å²) in [5.41, 5.74) is 6.50. The molecule has 1 aromatic rings. The topological polar surface area (TPSA) is 98.9 Å². The molecule has 0 spiro atoms. The summed E-state index contributed by atoms with van der Waals surface area (Å²) >= 11 is 0. The van der Waals surface area contributed by atoms with Gasteiger partial charge in [-0.3, -0.25) is 0 Å². The van der Waals surface area contributed by atoms with E-state index in [0.717, 1.165) is 0 Å². The van der Waals surface area contributed by atoms with Gasteiger partial charge in [0.2, 0.25) is 0 Å². The molecule has 0 saturated carbocycles. The van der Waals surface area contributed by atoms with E-state index in [1.807, 2.05) is 0 Å². The number of carbonyl (C=O) groups excluding carboxylic acids is 2. The highest BCUT2D eigenvalue weighted by atomic mass is 16.5. The molecule has 0 saturated heterocycles. The van der Waals surface area contributed by atoms with Crippen LogP contribution >= 0.6 is 0 Å². The van der Waals surface area contributed by atoms with Crippen molar-refractivity contribution in [2.75, 3.05) is 20.8 Å². The van der Waals surface area contributed by atoms with Gasteiger partial charge in [0.05, 0.1) is 38.0 Å². The lowest BCUT2D eigenvalue weighted by molar-refractivity contribution is 0.0584. The molecule has 0 aromatic heterocycles. The minimum absolute atomic E-state index is 0.215. The minimum atomic E-state index is -0.774. The molecule has 0 heterocycles. The van der Waals surface area contributed by atoms with Crippen LogP contribution in [0, 0.1) is 0 Å². The smallest absolute Gasteiger partial charge is 0.338 e. The van der Waals surface area contributed by atoms with Crippen LogP contribution in [0.25, 0.3) is 0 Å². The molecular formula is C12H15NO5. The zero-order valence-electron chi connectivity index (χ0n) is 10.2. The summed E-state index contributed by atoms with van der Waals surface area (Å²) in [6.07, 6.45) is 0. The van der Waals surface area contributed by atoms with E-state index in [-0.39, 0.29) is 17.7 Å². The van der Waals surface area contributed by atoms with Gasteiger partial charge in [0.25, 0.3) is 0 Å². The lowest BCUT2D eigenvalue weighted by Crippen LogP contribution is -2.20. The van der Waals surface area contributed by atoms with E-state index in [2.05, 4.69) is 9.47 Å². The van der Waals surface area contributed by atoms with E-state index < -0.39 is 18.0 Å². The Morgan fingerprint density at radius 2 is 1.89 bits per heavy atom. The van der Waals surface area contributed by atoms with Gasteiger partial charge in [-0.05, 0) is 23.8 Å². The van der Waals surface area contributed by atoms with Gasteiger partial charge in [0.15, 0.2) is 0 Å². The third-order valence-corrected chi connectivity index (χ3v) is 2.47. The van der Waals surface area contributed by atoms with Gasteiger partial charge in [-0.25, -0.2) is 9.59 Å². The Hall–Kier alpha value is -1.92. The molecule has 1 aromatic carbocycles. The summed E-state index contributed by atoms with van der Waals surface area (Å²) in [5.74, 6) is -1.12. The molecule has 98 valence electrons. The van der Waals surface area contributed by atoms with Gasteiger partial charge in [-0.15, -0.1) is 0 Å². The Morgan fingerprint density at radius 3 is 2.39 bits per heavy atom. The number of benzene rings is 1. The normalized spacial score (nSPS) is 11.8. The van der Waals surface area contributed by atoms with E-state index in [0.29, 0.717) is 5.56 Å². The number of aliphatic hydroxyl groups excluding tert-OH is 1. The molecule has 0 aliphatic heterocycles. The predicted octanol–water partition coefficient (Wildman–Crippen LogP) is 0.252. The maximum Gasteiger partial charge on any atom is 0.338 e. The predicted molar refractivity (Wildman–Crippen MR) is 63.1 cm³/mol. The highest BCUT2D eigenvalue weighted by Crippen LogP contribution is 2.19. The number of esters is 2. The van der Waals surface area contributed by atoms with Gasteiger partial charge in [-0.2, -0.15) is 0 Å². The number of ether oxygens (including phenoxy) is 2. The first-order valence-corrected chi connectivity index (χ1v) is 5.22. The zero-order chi connectivity index (χ0) is 13.7. The fourth-order valence-corrected chi connectivity index (χ4v) is 1.51. The average molecular weight is 253 g/mol. The first-order valence-electron chi connectivity index (χ1n) is 5.22. The van der Waals surface area contributed by atoms with Crippen molar-refractivity contribution in [2.45, 2.75) is 6.04 Å². The van der Waals surface area contributed by atoms with Crippen molar-refractivity contribution in [2.24, 2.45) is 5.73 Å². The van der Waals surface area contributed by atoms with E-state index in [1.165, 1.54) is 32.4 Å². The number of rotatable bonds is 4. The van der Waals surface area contributed by atoms with Crippen molar-refractivity contribution in [1.82, 2.24) is 0 Å². The summed E-state index contributed by atoms with van der Waals surface area (Å²) < 4.78 is 9.18. The molecule has 3 N–H and O–H groups in total. The van der Waals surface area contributed by atoms with E-state index in [4.69, 9.17) is 10.8 Å². The van der Waals surface area contributed by atoms with Crippen molar-refractivity contribution in [3.63, 3.8) is 0 Å². The fourth-order valence-electron chi connectivity index (χ4n) is 1.51. The molecular weight excluding hydrogens is 238 g/mol. The summed E-state index contributed by atoms with van der Waals surface area (Å²) in [5, 5.41) is 9.06. The number of hydrogen-bond acceptors (Lipinski definition) is 6. The summed E-state index contributed by atoms with van der Waals surface area (Å²) in [6.45, 7) is -0.353. The van der Waals surface area contributed by atoms with Gasteiger partial charge >= 0.3 is 11.9 Å². The summed E-state index contributed by atoms with van der Waals surface area (Å²) in [7, 11) is 2.49. The van der Waals surface area contributed by atoms with Crippen molar-refractivity contribution >= 4 is 11.9 Å². The second-order valence-electron chi connectivity index (χ2n) is 3.57. The first kappa shape index (κ1) is 14.1. The molecule has 6 heteroatoms. The number of methoxy groups -OCH3 is 2. The maximum atomic E-state index is 11.5. The number of carbonyl (C=O) groups is 2. The average Bonchev–Trinajstić information content (AvgIpc) is 2.43. The molecule has 18 heavy (non-hydrogen) atoms. The Bertz CT molecular complexity index is 458. The molecule has 0 unspecified atom stereocenters. The fraction of sp³-hybridized carbons (Fsp3) is 0.333. The Balaban J connectivity index is 3.29. The number of nitrogens with two attached hydrogens (primary N) is 1. The molecule has 0 amide bonds. The highest BCUT2D eigenvalue weighted by molar-refractivity contribution is 5.95. The van der Waals surface area contributed by atoms with Crippen LogP contribution < -0.4 is 5.73 Å². The van der Waals surface area contributed by atoms with E-state index >= 15 is 0 Å². The van der Waals surface area contributed by atoms with E-state index in [9.17, 15) is 9.59 Å². The van der Waals surface area contributed by atoms with Crippen LogP contribution in [-0.2, 0) is 9.47 Å². The third-order valence-electron chi connectivity index (χ3n) is 2.47. The van der Waals surface area contributed by atoms with Crippen LogP contribution in [0.1, 0.15) is 32.3 Å². The molecule has 1 rings (SSSR count). The van der Waals surface area contributed by atoms with Crippen molar-refractivity contribution in [1.29, 1.82) is 0 Å². The zero-order valence-corrected chi connectivity index (χ0v) is 10.2. The molecule has 0 aliphatic rings. The minimum Gasteiger partial charge on any atom is -0.465 e. The quantitative estimate of drug-likeness (QED) is 0.746. The van der Waals surface area contributed by atoms with Crippen LogP contribution in [0.2, 0.25) is 0 Å². The molecule has 0 aliphatic carbocycles. The molecule has 0 fully saturated rings.